The SMILES string of the molecule is CC1CCNC1CNCc1ccc(Cl)s1. The van der Waals surface area contributed by atoms with Crippen molar-refractivity contribution in [2.75, 3.05) is 13.1 Å². The lowest BCUT2D eigenvalue weighted by molar-refractivity contribution is 0.449. The zero-order chi connectivity index (χ0) is 10.7. The molecule has 1 aromatic rings. The highest BCUT2D eigenvalue weighted by molar-refractivity contribution is 7.16. The van der Waals surface area contributed by atoms with Gasteiger partial charge in [-0.3, -0.25) is 0 Å². The number of thiophene rings is 1. The van der Waals surface area contributed by atoms with Gasteiger partial charge in [-0.15, -0.1) is 11.3 Å². The Balaban J connectivity index is 1.70. The summed E-state index contributed by atoms with van der Waals surface area (Å²) in [5.41, 5.74) is 0. The van der Waals surface area contributed by atoms with E-state index in [0.717, 1.165) is 23.3 Å². The largest absolute Gasteiger partial charge is 0.312 e. The topological polar surface area (TPSA) is 24.1 Å². The molecule has 2 rings (SSSR count). The van der Waals surface area contributed by atoms with Gasteiger partial charge < -0.3 is 10.6 Å². The van der Waals surface area contributed by atoms with Crippen LogP contribution in [0.25, 0.3) is 0 Å². The molecule has 0 aromatic carbocycles. The Kier molecular flexibility index (Phi) is 4.03. The first-order valence-electron chi connectivity index (χ1n) is 5.44. The van der Waals surface area contributed by atoms with Crippen LogP contribution < -0.4 is 10.6 Å². The number of hydrogen-bond donors (Lipinski definition) is 2. The quantitative estimate of drug-likeness (QED) is 0.851. The van der Waals surface area contributed by atoms with E-state index >= 15 is 0 Å². The zero-order valence-corrected chi connectivity index (χ0v) is 10.5. The summed E-state index contributed by atoms with van der Waals surface area (Å²) in [7, 11) is 0. The van der Waals surface area contributed by atoms with E-state index in [-0.39, 0.29) is 0 Å². The molecule has 2 atom stereocenters. The first kappa shape index (κ1) is 11.4. The Bertz CT molecular complexity index is 313. The number of halogens is 1. The second-order valence-corrected chi connectivity index (χ2v) is 5.96. The molecule has 0 radical (unpaired) electrons. The molecule has 1 aliphatic heterocycles. The van der Waals surface area contributed by atoms with Crippen molar-refractivity contribution in [3.63, 3.8) is 0 Å². The normalized spacial score (nSPS) is 26.0. The molecular formula is C11H17ClN2S. The van der Waals surface area contributed by atoms with Crippen LogP contribution in [0.5, 0.6) is 0 Å². The zero-order valence-electron chi connectivity index (χ0n) is 8.92. The Labute approximate surface area is 100 Å². The van der Waals surface area contributed by atoms with Gasteiger partial charge in [0.25, 0.3) is 0 Å². The van der Waals surface area contributed by atoms with Crippen LogP contribution in [0, 0.1) is 5.92 Å². The monoisotopic (exact) mass is 244 g/mol. The predicted octanol–water partition coefficient (Wildman–Crippen LogP) is 2.49. The van der Waals surface area contributed by atoms with Crippen molar-refractivity contribution in [3.8, 4) is 0 Å². The molecule has 1 aliphatic rings. The maximum atomic E-state index is 5.87. The molecule has 15 heavy (non-hydrogen) atoms. The lowest BCUT2D eigenvalue weighted by Crippen LogP contribution is -2.36. The molecule has 2 nitrogen and oxygen atoms in total. The van der Waals surface area contributed by atoms with Crippen molar-refractivity contribution in [2.45, 2.75) is 25.9 Å². The molecule has 0 bridgehead atoms. The van der Waals surface area contributed by atoms with Crippen molar-refractivity contribution in [1.29, 1.82) is 0 Å². The fraction of sp³-hybridized carbons (Fsp3) is 0.636. The van der Waals surface area contributed by atoms with E-state index in [1.54, 1.807) is 11.3 Å². The van der Waals surface area contributed by atoms with Crippen LogP contribution >= 0.6 is 22.9 Å². The van der Waals surface area contributed by atoms with Crippen LogP contribution in [0.4, 0.5) is 0 Å². The Morgan fingerprint density at radius 1 is 1.60 bits per heavy atom. The van der Waals surface area contributed by atoms with Gasteiger partial charge in [-0.2, -0.15) is 0 Å². The molecule has 1 aromatic heterocycles. The van der Waals surface area contributed by atoms with Crippen molar-refractivity contribution in [3.05, 3.63) is 21.3 Å². The van der Waals surface area contributed by atoms with E-state index in [0.29, 0.717) is 6.04 Å². The van der Waals surface area contributed by atoms with Crippen LogP contribution in [0.15, 0.2) is 12.1 Å². The molecule has 4 heteroatoms. The van der Waals surface area contributed by atoms with Crippen molar-refractivity contribution in [1.82, 2.24) is 10.6 Å². The second-order valence-electron chi connectivity index (χ2n) is 4.16. The first-order valence-corrected chi connectivity index (χ1v) is 6.63. The summed E-state index contributed by atoms with van der Waals surface area (Å²) in [6.07, 6.45) is 1.30. The summed E-state index contributed by atoms with van der Waals surface area (Å²) in [5, 5.41) is 6.99. The van der Waals surface area contributed by atoms with E-state index in [4.69, 9.17) is 11.6 Å². The molecule has 0 aliphatic carbocycles. The van der Waals surface area contributed by atoms with Gasteiger partial charge in [0.2, 0.25) is 0 Å². The van der Waals surface area contributed by atoms with Gasteiger partial charge in [0.05, 0.1) is 4.34 Å². The van der Waals surface area contributed by atoms with Crippen molar-refractivity contribution in [2.24, 2.45) is 5.92 Å². The van der Waals surface area contributed by atoms with Gasteiger partial charge in [0.1, 0.15) is 0 Å². The number of hydrogen-bond acceptors (Lipinski definition) is 3. The summed E-state index contributed by atoms with van der Waals surface area (Å²) in [5.74, 6) is 0.796. The summed E-state index contributed by atoms with van der Waals surface area (Å²) in [6.45, 7) is 5.46. The van der Waals surface area contributed by atoms with Crippen LogP contribution in [-0.2, 0) is 6.54 Å². The number of rotatable bonds is 4. The third-order valence-electron chi connectivity index (χ3n) is 2.99. The molecule has 2 heterocycles. The highest BCUT2D eigenvalue weighted by Gasteiger charge is 2.21. The molecule has 0 spiro atoms. The van der Waals surface area contributed by atoms with Crippen LogP contribution in [-0.4, -0.2) is 19.1 Å². The van der Waals surface area contributed by atoms with Crippen molar-refractivity contribution >= 4 is 22.9 Å². The van der Waals surface area contributed by atoms with Gasteiger partial charge in [0, 0.05) is 24.0 Å². The Morgan fingerprint density at radius 3 is 3.07 bits per heavy atom. The molecule has 84 valence electrons. The highest BCUT2D eigenvalue weighted by atomic mass is 35.5. The average molecular weight is 245 g/mol. The maximum absolute atomic E-state index is 5.87. The highest BCUT2D eigenvalue weighted by Crippen LogP contribution is 2.21. The van der Waals surface area contributed by atoms with Gasteiger partial charge in [-0.1, -0.05) is 18.5 Å². The van der Waals surface area contributed by atoms with E-state index < -0.39 is 0 Å². The Hall–Kier alpha value is -0.0900. The summed E-state index contributed by atoms with van der Waals surface area (Å²) in [4.78, 5) is 1.31. The summed E-state index contributed by atoms with van der Waals surface area (Å²) >= 11 is 7.52. The lowest BCUT2D eigenvalue weighted by Gasteiger charge is -2.15. The average Bonchev–Trinajstić information content (AvgIpc) is 2.77. The van der Waals surface area contributed by atoms with Gasteiger partial charge in [0.15, 0.2) is 0 Å². The van der Waals surface area contributed by atoms with Crippen LogP contribution in [0.1, 0.15) is 18.2 Å². The van der Waals surface area contributed by atoms with E-state index in [1.807, 2.05) is 6.07 Å². The minimum atomic E-state index is 0.639. The molecule has 1 saturated heterocycles. The molecule has 0 amide bonds. The number of nitrogens with one attached hydrogen (secondary N) is 2. The van der Waals surface area contributed by atoms with Gasteiger partial charge >= 0.3 is 0 Å². The molecule has 1 fully saturated rings. The first-order chi connectivity index (χ1) is 7.25. The maximum Gasteiger partial charge on any atom is 0.0931 e. The lowest BCUT2D eigenvalue weighted by atomic mass is 10.0. The van der Waals surface area contributed by atoms with E-state index in [9.17, 15) is 0 Å². The van der Waals surface area contributed by atoms with Crippen molar-refractivity contribution < 1.29 is 0 Å². The predicted molar refractivity (Wildman–Crippen MR) is 66.6 cm³/mol. The smallest absolute Gasteiger partial charge is 0.0931 e. The molecule has 2 unspecified atom stereocenters. The van der Waals surface area contributed by atoms with Crippen LogP contribution in [0.2, 0.25) is 4.34 Å². The standard InChI is InChI=1S/C11H17ClN2S/c1-8-4-5-14-10(8)7-13-6-9-2-3-11(12)15-9/h2-3,8,10,13-14H,4-7H2,1H3. The van der Waals surface area contributed by atoms with E-state index in [1.165, 1.54) is 17.8 Å². The summed E-state index contributed by atoms with van der Waals surface area (Å²) < 4.78 is 0.874. The van der Waals surface area contributed by atoms with E-state index in [2.05, 4.69) is 23.6 Å². The second kappa shape index (κ2) is 5.30. The fourth-order valence-electron chi connectivity index (χ4n) is 1.97. The minimum Gasteiger partial charge on any atom is -0.312 e. The van der Waals surface area contributed by atoms with Crippen LogP contribution in [0.3, 0.4) is 0 Å². The third-order valence-corrected chi connectivity index (χ3v) is 4.22. The summed E-state index contributed by atoms with van der Waals surface area (Å²) in [6, 6.07) is 4.69. The van der Waals surface area contributed by atoms with Gasteiger partial charge in [-0.25, -0.2) is 0 Å². The molecular weight excluding hydrogens is 228 g/mol. The van der Waals surface area contributed by atoms with Gasteiger partial charge in [-0.05, 0) is 31.0 Å². The third kappa shape index (κ3) is 3.18. The Morgan fingerprint density at radius 2 is 2.47 bits per heavy atom. The minimum absolute atomic E-state index is 0.639. The molecule has 2 N–H and O–H groups in total. The fourth-order valence-corrected chi connectivity index (χ4v) is 3.03. The molecule has 0 saturated carbocycles.